The highest BCUT2D eigenvalue weighted by Gasteiger charge is 2.27. The topological polar surface area (TPSA) is 107 Å². The summed E-state index contributed by atoms with van der Waals surface area (Å²) in [6.07, 6.45) is 4.76. The Balaban J connectivity index is 2.20. The van der Waals surface area contributed by atoms with Gasteiger partial charge in [0, 0.05) is 42.0 Å². The van der Waals surface area contributed by atoms with Crippen molar-refractivity contribution in [3.05, 3.63) is 68.4 Å². The van der Waals surface area contributed by atoms with Crippen LogP contribution in [0.3, 0.4) is 0 Å². The normalized spacial score (nSPS) is 11.7. The average Bonchev–Trinajstić information content (AvgIpc) is 3.28. The smallest absolute Gasteiger partial charge is 0.278 e. The lowest BCUT2D eigenvalue weighted by Gasteiger charge is -2.14. The highest BCUT2D eigenvalue weighted by atomic mass is 35.5. The number of carbonyl (C=O) groups excluding carboxylic acids is 1. The van der Waals surface area contributed by atoms with Gasteiger partial charge in [0.15, 0.2) is 9.84 Å². The van der Waals surface area contributed by atoms with Gasteiger partial charge in [-0.2, -0.15) is 5.10 Å². The van der Waals surface area contributed by atoms with Crippen LogP contribution in [0.15, 0.2) is 40.3 Å². The molecule has 0 bridgehead atoms. The molecule has 0 saturated heterocycles. The van der Waals surface area contributed by atoms with Crippen LogP contribution in [0.4, 0.5) is 0 Å². The first-order chi connectivity index (χ1) is 13.7. The van der Waals surface area contributed by atoms with Crippen LogP contribution in [-0.2, 0) is 29.3 Å². The van der Waals surface area contributed by atoms with Gasteiger partial charge in [0.2, 0.25) is 5.78 Å². The molecular weight excluding hydrogens is 416 g/mol. The van der Waals surface area contributed by atoms with E-state index in [0.717, 1.165) is 6.26 Å². The number of hydrogen-bond acceptors (Lipinski definition) is 5. The third-order valence-corrected chi connectivity index (χ3v) is 6.26. The Bertz CT molecular complexity index is 1220. The number of benzene rings is 1. The molecular formula is C19H21ClN4O4S. The standard InChI is InChI=1S/C19H21ClN4O4S/c1-4-14-16(19(26)24(5-2)22-14)18(25)12-7-8-15(29(3,27)28)13(17(12)20)11-23-10-6-9-21-23/h6-10,22H,4-5,11H2,1-3H3. The number of carbonyl (C=O) groups is 1. The van der Waals surface area contributed by atoms with E-state index in [1.54, 1.807) is 25.4 Å². The van der Waals surface area contributed by atoms with Crippen molar-refractivity contribution >= 4 is 27.2 Å². The molecule has 3 rings (SSSR count). The van der Waals surface area contributed by atoms with E-state index in [9.17, 15) is 18.0 Å². The Kier molecular flexibility index (Phi) is 5.81. The Morgan fingerprint density at radius 1 is 1.28 bits per heavy atom. The number of sulfone groups is 1. The molecule has 0 fully saturated rings. The summed E-state index contributed by atoms with van der Waals surface area (Å²) in [5.41, 5.74) is 0.446. The lowest BCUT2D eigenvalue weighted by molar-refractivity contribution is 0.103. The average molecular weight is 437 g/mol. The fourth-order valence-electron chi connectivity index (χ4n) is 3.21. The number of rotatable bonds is 7. The van der Waals surface area contributed by atoms with Crippen molar-refractivity contribution in [1.29, 1.82) is 0 Å². The third-order valence-electron chi connectivity index (χ3n) is 4.65. The first-order valence-corrected chi connectivity index (χ1v) is 11.3. The van der Waals surface area contributed by atoms with Crippen LogP contribution >= 0.6 is 11.6 Å². The molecule has 0 aliphatic heterocycles. The van der Waals surface area contributed by atoms with Crippen LogP contribution < -0.4 is 5.56 Å². The maximum Gasteiger partial charge on any atom is 0.278 e. The van der Waals surface area contributed by atoms with E-state index in [1.807, 2.05) is 6.92 Å². The number of hydrogen-bond donors (Lipinski definition) is 1. The van der Waals surface area contributed by atoms with Gasteiger partial charge in [0.1, 0.15) is 5.56 Å². The molecule has 8 nitrogen and oxygen atoms in total. The molecule has 1 N–H and O–H groups in total. The molecule has 0 spiro atoms. The second kappa shape index (κ2) is 8.00. The van der Waals surface area contributed by atoms with Gasteiger partial charge < -0.3 is 0 Å². The summed E-state index contributed by atoms with van der Waals surface area (Å²) in [6, 6.07) is 4.41. The first kappa shape index (κ1) is 21.1. The van der Waals surface area contributed by atoms with Crippen molar-refractivity contribution < 1.29 is 13.2 Å². The zero-order chi connectivity index (χ0) is 21.3. The lowest BCUT2D eigenvalue weighted by atomic mass is 10.0. The number of aromatic nitrogens is 4. The Morgan fingerprint density at radius 3 is 2.55 bits per heavy atom. The minimum absolute atomic E-state index is 0.000809. The maximum absolute atomic E-state index is 13.2. The van der Waals surface area contributed by atoms with E-state index in [0.29, 0.717) is 18.7 Å². The minimum atomic E-state index is -3.60. The van der Waals surface area contributed by atoms with Gasteiger partial charge in [0.05, 0.1) is 16.5 Å². The molecule has 0 aliphatic carbocycles. The summed E-state index contributed by atoms with van der Waals surface area (Å²) < 4.78 is 27.4. The number of nitrogens with zero attached hydrogens (tertiary/aromatic N) is 3. The van der Waals surface area contributed by atoms with E-state index in [1.165, 1.54) is 21.5 Å². The summed E-state index contributed by atoms with van der Waals surface area (Å²) in [5.74, 6) is -0.540. The Hall–Kier alpha value is -2.65. The Labute approximate surface area is 173 Å². The van der Waals surface area contributed by atoms with E-state index in [2.05, 4.69) is 10.2 Å². The Morgan fingerprint density at radius 2 is 2.00 bits per heavy atom. The molecule has 0 saturated carbocycles. The van der Waals surface area contributed by atoms with Crippen LogP contribution in [0.25, 0.3) is 0 Å². The fourth-order valence-corrected chi connectivity index (χ4v) is 4.51. The minimum Gasteiger partial charge on any atom is -0.299 e. The lowest BCUT2D eigenvalue weighted by Crippen LogP contribution is -2.22. The van der Waals surface area contributed by atoms with Gasteiger partial charge >= 0.3 is 0 Å². The molecule has 1 aromatic carbocycles. The predicted molar refractivity (Wildman–Crippen MR) is 109 cm³/mol. The monoisotopic (exact) mass is 436 g/mol. The molecule has 0 atom stereocenters. The largest absolute Gasteiger partial charge is 0.299 e. The zero-order valence-corrected chi connectivity index (χ0v) is 17.8. The van der Waals surface area contributed by atoms with Gasteiger partial charge in [-0.15, -0.1) is 0 Å². The van der Waals surface area contributed by atoms with Crippen molar-refractivity contribution in [3.8, 4) is 0 Å². The predicted octanol–water partition coefficient (Wildman–Crippen LogP) is 2.29. The van der Waals surface area contributed by atoms with Crippen LogP contribution in [0.2, 0.25) is 5.02 Å². The summed E-state index contributed by atoms with van der Waals surface area (Å²) in [6.45, 7) is 4.09. The first-order valence-electron chi connectivity index (χ1n) is 9.04. The SMILES string of the molecule is CCc1[nH]n(CC)c(=O)c1C(=O)c1ccc(S(C)(=O)=O)c(Cn2cccn2)c1Cl. The number of nitrogens with one attached hydrogen (secondary N) is 1. The summed E-state index contributed by atoms with van der Waals surface area (Å²) >= 11 is 6.52. The van der Waals surface area contributed by atoms with E-state index in [-0.39, 0.29) is 33.2 Å². The summed E-state index contributed by atoms with van der Waals surface area (Å²) in [7, 11) is -3.60. The third kappa shape index (κ3) is 3.92. The highest BCUT2D eigenvalue weighted by Crippen LogP contribution is 2.30. The maximum atomic E-state index is 13.2. The second-order valence-corrected chi connectivity index (χ2v) is 8.94. The summed E-state index contributed by atoms with van der Waals surface area (Å²) in [5, 5.41) is 7.02. The van der Waals surface area contributed by atoms with Gasteiger partial charge in [-0.1, -0.05) is 18.5 Å². The van der Waals surface area contributed by atoms with Crippen molar-refractivity contribution in [2.45, 2.75) is 38.3 Å². The van der Waals surface area contributed by atoms with E-state index in [4.69, 9.17) is 11.6 Å². The highest BCUT2D eigenvalue weighted by molar-refractivity contribution is 7.90. The van der Waals surface area contributed by atoms with Crippen molar-refractivity contribution in [2.24, 2.45) is 0 Å². The molecule has 154 valence electrons. The number of H-pyrrole nitrogens is 1. The van der Waals surface area contributed by atoms with Crippen molar-refractivity contribution in [3.63, 3.8) is 0 Å². The second-order valence-electron chi connectivity index (χ2n) is 6.58. The molecule has 0 aliphatic rings. The molecule has 10 heteroatoms. The molecule has 0 amide bonds. The molecule has 2 aromatic heterocycles. The van der Waals surface area contributed by atoms with Crippen LogP contribution in [0.1, 0.15) is 41.0 Å². The number of ketones is 1. The van der Waals surface area contributed by atoms with Gasteiger partial charge in [-0.25, -0.2) is 8.42 Å². The number of halogens is 1. The fraction of sp³-hybridized carbons (Fsp3) is 0.316. The van der Waals surface area contributed by atoms with Gasteiger partial charge in [-0.05, 0) is 31.5 Å². The van der Waals surface area contributed by atoms with E-state index >= 15 is 0 Å². The van der Waals surface area contributed by atoms with Crippen LogP contribution in [0, 0.1) is 0 Å². The molecule has 29 heavy (non-hydrogen) atoms. The molecule has 0 unspecified atom stereocenters. The molecule has 0 radical (unpaired) electrons. The van der Waals surface area contributed by atoms with Gasteiger partial charge in [0.25, 0.3) is 5.56 Å². The zero-order valence-electron chi connectivity index (χ0n) is 16.3. The quantitative estimate of drug-likeness (QED) is 0.572. The summed E-state index contributed by atoms with van der Waals surface area (Å²) in [4.78, 5) is 25.9. The molecule has 3 aromatic rings. The van der Waals surface area contributed by atoms with Crippen molar-refractivity contribution in [1.82, 2.24) is 19.6 Å². The van der Waals surface area contributed by atoms with Crippen LogP contribution in [0.5, 0.6) is 0 Å². The number of aryl methyl sites for hydroxylation is 2. The van der Waals surface area contributed by atoms with Gasteiger partial charge in [-0.3, -0.25) is 24.1 Å². The molecule has 2 heterocycles. The van der Waals surface area contributed by atoms with Crippen LogP contribution in [-0.4, -0.2) is 40.0 Å². The van der Waals surface area contributed by atoms with E-state index < -0.39 is 21.2 Å². The number of aromatic amines is 1. The van der Waals surface area contributed by atoms with Crippen molar-refractivity contribution in [2.75, 3.05) is 6.26 Å².